The number of carbonyl (C=O) groups excluding carboxylic acids is 1. The van der Waals surface area contributed by atoms with Crippen LogP contribution in [0.25, 0.3) is 22.2 Å². The number of rotatable bonds is 3. The molecule has 1 amide bonds. The lowest BCUT2D eigenvalue weighted by Gasteiger charge is -2.30. The molecule has 3 N–H and O–H groups in total. The number of fused-ring (bicyclic) bond motifs is 2. The molecule has 0 bridgehead atoms. The van der Waals surface area contributed by atoms with Crippen LogP contribution in [-0.2, 0) is 16.8 Å². The normalized spacial score (nSPS) is 18.7. The first-order valence-corrected chi connectivity index (χ1v) is 7.84. The number of carbonyl (C=O) groups is 2. The molecule has 2 heterocycles. The smallest absolute Gasteiger partial charge is 0.405 e. The molecular formula is C19H15N3O3. The van der Waals surface area contributed by atoms with Crippen LogP contribution in [0.5, 0.6) is 0 Å². The van der Waals surface area contributed by atoms with E-state index in [1.165, 1.54) is 0 Å². The highest BCUT2D eigenvalue weighted by atomic mass is 16.4. The second-order valence-electron chi connectivity index (χ2n) is 5.99. The number of hydrogen-bond donors (Lipinski definition) is 3. The molecule has 4 rings (SSSR count). The number of pyridine rings is 1. The number of aromatic amines is 1. The average Bonchev–Trinajstić information content (AvgIpc) is 3.09. The fourth-order valence-corrected chi connectivity index (χ4v) is 3.43. The predicted octanol–water partition coefficient (Wildman–Crippen LogP) is 3.00. The summed E-state index contributed by atoms with van der Waals surface area (Å²) in [6.07, 6.45) is 7.04. The van der Waals surface area contributed by atoms with Crippen LogP contribution in [0.2, 0.25) is 0 Å². The van der Waals surface area contributed by atoms with Crippen molar-refractivity contribution >= 4 is 23.4 Å². The van der Waals surface area contributed by atoms with Gasteiger partial charge in [0, 0.05) is 17.8 Å². The van der Waals surface area contributed by atoms with E-state index in [0.717, 1.165) is 27.7 Å². The van der Waals surface area contributed by atoms with Gasteiger partial charge in [-0.15, -0.1) is 0 Å². The van der Waals surface area contributed by atoms with Crippen LogP contribution in [0.4, 0.5) is 4.79 Å². The van der Waals surface area contributed by atoms with E-state index in [2.05, 4.69) is 15.3 Å². The van der Waals surface area contributed by atoms with Crippen LogP contribution in [-0.4, -0.2) is 27.5 Å². The quantitative estimate of drug-likeness (QED) is 0.507. The average molecular weight is 333 g/mol. The lowest BCUT2D eigenvalue weighted by Crippen LogP contribution is -2.46. The van der Waals surface area contributed by atoms with E-state index in [0.29, 0.717) is 18.3 Å². The number of carboxylic acid groups (broad SMARTS) is 1. The van der Waals surface area contributed by atoms with E-state index in [4.69, 9.17) is 5.11 Å². The van der Waals surface area contributed by atoms with E-state index in [1.807, 2.05) is 42.6 Å². The summed E-state index contributed by atoms with van der Waals surface area (Å²) < 4.78 is 0. The first-order valence-electron chi connectivity index (χ1n) is 7.84. The molecule has 6 heteroatoms. The molecule has 0 unspecified atom stereocenters. The van der Waals surface area contributed by atoms with Crippen LogP contribution < -0.4 is 5.32 Å². The van der Waals surface area contributed by atoms with Gasteiger partial charge in [-0.1, -0.05) is 30.4 Å². The lowest BCUT2D eigenvalue weighted by atomic mass is 9.81. The van der Waals surface area contributed by atoms with Crippen LogP contribution in [0.15, 0.2) is 54.9 Å². The van der Waals surface area contributed by atoms with Crippen LogP contribution >= 0.6 is 0 Å². The van der Waals surface area contributed by atoms with Crippen molar-refractivity contribution in [2.24, 2.45) is 0 Å². The first-order chi connectivity index (χ1) is 12.1. The van der Waals surface area contributed by atoms with E-state index >= 15 is 0 Å². The van der Waals surface area contributed by atoms with Gasteiger partial charge in [0.05, 0.1) is 0 Å². The van der Waals surface area contributed by atoms with Gasteiger partial charge < -0.3 is 15.4 Å². The topological polar surface area (TPSA) is 95.1 Å². The Balaban J connectivity index is 1.85. The third-order valence-electron chi connectivity index (χ3n) is 4.54. The Hall–Kier alpha value is -3.41. The molecule has 25 heavy (non-hydrogen) atoms. The van der Waals surface area contributed by atoms with Crippen molar-refractivity contribution in [1.29, 1.82) is 0 Å². The van der Waals surface area contributed by atoms with E-state index in [9.17, 15) is 9.59 Å². The molecular weight excluding hydrogens is 318 g/mol. The minimum atomic E-state index is -1.33. The molecule has 1 atom stereocenters. The Morgan fingerprint density at radius 1 is 1.32 bits per heavy atom. The maximum absolute atomic E-state index is 11.7. The van der Waals surface area contributed by atoms with E-state index < -0.39 is 11.6 Å². The van der Waals surface area contributed by atoms with E-state index in [1.54, 1.807) is 12.3 Å². The molecule has 6 nitrogen and oxygen atoms in total. The van der Waals surface area contributed by atoms with Crippen molar-refractivity contribution in [2.45, 2.75) is 12.0 Å². The number of aromatic nitrogens is 2. The fourth-order valence-electron chi connectivity index (χ4n) is 3.43. The summed E-state index contributed by atoms with van der Waals surface area (Å²) in [5, 5.41) is 12.4. The monoisotopic (exact) mass is 333 g/mol. The second kappa shape index (κ2) is 5.59. The lowest BCUT2D eigenvalue weighted by molar-refractivity contribution is -0.112. The highest BCUT2D eigenvalue weighted by Crippen LogP contribution is 2.34. The summed E-state index contributed by atoms with van der Waals surface area (Å²) >= 11 is 0. The molecule has 0 saturated carbocycles. The van der Waals surface area contributed by atoms with Gasteiger partial charge >= 0.3 is 6.09 Å². The third-order valence-corrected chi connectivity index (χ3v) is 4.54. The van der Waals surface area contributed by atoms with Crippen LogP contribution in [0.3, 0.4) is 0 Å². The van der Waals surface area contributed by atoms with Gasteiger partial charge in [-0.3, -0.25) is 4.79 Å². The Morgan fingerprint density at radius 3 is 3.00 bits per heavy atom. The van der Waals surface area contributed by atoms with Crippen molar-refractivity contribution in [1.82, 2.24) is 15.3 Å². The molecule has 0 radical (unpaired) electrons. The number of amides is 1. The number of nitrogens with one attached hydrogen (secondary N) is 2. The number of hydrogen-bond acceptors (Lipinski definition) is 3. The van der Waals surface area contributed by atoms with Gasteiger partial charge in [0.15, 0.2) is 6.29 Å². The zero-order valence-corrected chi connectivity index (χ0v) is 13.2. The maximum Gasteiger partial charge on any atom is 0.405 e. The summed E-state index contributed by atoms with van der Waals surface area (Å²) in [4.78, 5) is 30.2. The van der Waals surface area contributed by atoms with Crippen molar-refractivity contribution in [3.05, 3.63) is 66.0 Å². The molecule has 1 aliphatic rings. The standard InChI is InChI=1S/C19H15N3O3/c23-11-19(22-18(24)25)7-1-2-13-10-12(3-4-16(13)19)14-5-8-20-17-15(14)6-9-21-17/h1,3-11,22H,2H2,(H,20,21)(H,24,25)/t19-/m1/s1. The minimum Gasteiger partial charge on any atom is -0.465 e. The molecule has 1 aromatic carbocycles. The van der Waals surface area contributed by atoms with Crippen LogP contribution in [0.1, 0.15) is 11.1 Å². The number of aldehydes is 1. The summed E-state index contributed by atoms with van der Waals surface area (Å²) in [5.41, 5.74) is 3.09. The summed E-state index contributed by atoms with van der Waals surface area (Å²) in [6.45, 7) is 0. The molecule has 0 fully saturated rings. The molecule has 0 spiro atoms. The molecule has 1 aliphatic carbocycles. The Bertz CT molecular complexity index is 1020. The second-order valence-corrected chi connectivity index (χ2v) is 5.99. The zero-order chi connectivity index (χ0) is 17.4. The molecule has 124 valence electrons. The number of H-pyrrole nitrogens is 1. The minimum absolute atomic E-state index is 0.631. The van der Waals surface area contributed by atoms with Gasteiger partial charge in [0.1, 0.15) is 11.2 Å². The fraction of sp³-hybridized carbons (Fsp3) is 0.105. The Kier molecular flexibility index (Phi) is 3.39. The van der Waals surface area contributed by atoms with Crippen molar-refractivity contribution in [3.8, 4) is 11.1 Å². The van der Waals surface area contributed by atoms with Crippen LogP contribution in [0, 0.1) is 0 Å². The highest BCUT2D eigenvalue weighted by Gasteiger charge is 2.35. The Labute approximate surface area is 143 Å². The Morgan fingerprint density at radius 2 is 2.20 bits per heavy atom. The number of benzene rings is 1. The SMILES string of the molecule is O=C[C@]1(NC(=O)O)C=CCc2cc(-c3ccnc4[nH]ccc34)ccc21. The molecule has 0 aliphatic heterocycles. The summed E-state index contributed by atoms with van der Waals surface area (Å²) in [5.74, 6) is 0. The van der Waals surface area contributed by atoms with Gasteiger partial charge in [-0.2, -0.15) is 0 Å². The van der Waals surface area contributed by atoms with Crippen molar-refractivity contribution < 1.29 is 14.7 Å². The molecule has 2 aromatic heterocycles. The summed E-state index contributed by atoms with van der Waals surface area (Å²) in [7, 11) is 0. The maximum atomic E-state index is 11.7. The predicted molar refractivity (Wildman–Crippen MR) is 93.3 cm³/mol. The summed E-state index contributed by atoms with van der Waals surface area (Å²) in [6, 6.07) is 9.64. The van der Waals surface area contributed by atoms with Gasteiger partial charge in [0.25, 0.3) is 0 Å². The van der Waals surface area contributed by atoms with Gasteiger partial charge in [0.2, 0.25) is 0 Å². The first kappa shape index (κ1) is 15.1. The third kappa shape index (κ3) is 2.39. The number of allylic oxidation sites excluding steroid dienone is 1. The molecule has 0 saturated heterocycles. The number of nitrogens with zero attached hydrogens (tertiary/aromatic N) is 1. The highest BCUT2D eigenvalue weighted by molar-refractivity contribution is 5.93. The molecule has 3 aromatic rings. The van der Waals surface area contributed by atoms with Gasteiger partial charge in [-0.25, -0.2) is 9.78 Å². The van der Waals surface area contributed by atoms with E-state index in [-0.39, 0.29) is 0 Å². The largest absolute Gasteiger partial charge is 0.465 e. The van der Waals surface area contributed by atoms with Crippen molar-refractivity contribution in [2.75, 3.05) is 0 Å². The van der Waals surface area contributed by atoms with Crippen molar-refractivity contribution in [3.63, 3.8) is 0 Å². The zero-order valence-electron chi connectivity index (χ0n) is 13.2. The van der Waals surface area contributed by atoms with Gasteiger partial charge in [-0.05, 0) is 40.8 Å².